The smallest absolute Gasteiger partial charge is 0.246 e. The number of nitrogens with zero attached hydrogens (tertiary/aromatic N) is 1. The molecule has 0 bridgehead atoms. The maximum atomic E-state index is 12.2. The van der Waals surface area contributed by atoms with E-state index in [-0.39, 0.29) is 5.91 Å². The lowest BCUT2D eigenvalue weighted by molar-refractivity contribution is -0.125. The molecule has 0 radical (unpaired) electrons. The van der Waals surface area contributed by atoms with Crippen molar-refractivity contribution in [3.63, 3.8) is 0 Å². The van der Waals surface area contributed by atoms with Gasteiger partial charge in [0.2, 0.25) is 5.91 Å². The standard InChI is InChI=1S/C19H27NO2/c1-3-22-18-12-9-16(10-13-18)11-14-19(21)20(2)15-17-7-5-4-6-8-17/h9-14,17H,3-8,15H2,1-2H3/b14-11+. The van der Waals surface area contributed by atoms with Crippen LogP contribution in [0, 0.1) is 5.92 Å². The van der Waals surface area contributed by atoms with Crippen LogP contribution in [0.5, 0.6) is 5.75 Å². The van der Waals surface area contributed by atoms with Crippen molar-refractivity contribution in [3.05, 3.63) is 35.9 Å². The molecule has 1 aliphatic rings. The van der Waals surface area contributed by atoms with E-state index in [0.717, 1.165) is 17.9 Å². The summed E-state index contributed by atoms with van der Waals surface area (Å²) in [6.07, 6.45) is 10.0. The van der Waals surface area contributed by atoms with Gasteiger partial charge in [-0.3, -0.25) is 4.79 Å². The molecule has 1 fully saturated rings. The summed E-state index contributed by atoms with van der Waals surface area (Å²) in [6.45, 7) is 3.51. The molecule has 1 amide bonds. The third-order valence-corrected chi connectivity index (χ3v) is 4.24. The Balaban J connectivity index is 1.84. The minimum Gasteiger partial charge on any atom is -0.494 e. The zero-order chi connectivity index (χ0) is 15.8. The van der Waals surface area contributed by atoms with Crippen molar-refractivity contribution in [1.29, 1.82) is 0 Å². The third kappa shape index (κ3) is 5.21. The molecule has 22 heavy (non-hydrogen) atoms. The zero-order valence-corrected chi connectivity index (χ0v) is 13.8. The van der Waals surface area contributed by atoms with Crippen LogP contribution in [-0.2, 0) is 4.79 Å². The first-order chi connectivity index (χ1) is 10.7. The van der Waals surface area contributed by atoms with Gasteiger partial charge in [-0.15, -0.1) is 0 Å². The van der Waals surface area contributed by atoms with Crippen LogP contribution in [0.1, 0.15) is 44.6 Å². The summed E-state index contributed by atoms with van der Waals surface area (Å²) in [6, 6.07) is 7.80. The molecule has 1 saturated carbocycles. The fraction of sp³-hybridized carbons (Fsp3) is 0.526. The summed E-state index contributed by atoms with van der Waals surface area (Å²) < 4.78 is 5.41. The van der Waals surface area contributed by atoms with Crippen molar-refractivity contribution in [1.82, 2.24) is 4.90 Å². The van der Waals surface area contributed by atoms with Gasteiger partial charge in [0, 0.05) is 19.7 Å². The maximum Gasteiger partial charge on any atom is 0.246 e. The molecule has 120 valence electrons. The van der Waals surface area contributed by atoms with Crippen LogP contribution in [0.2, 0.25) is 0 Å². The van der Waals surface area contributed by atoms with Crippen molar-refractivity contribution in [2.75, 3.05) is 20.2 Å². The summed E-state index contributed by atoms with van der Waals surface area (Å²) >= 11 is 0. The van der Waals surface area contributed by atoms with Crippen molar-refractivity contribution >= 4 is 12.0 Å². The molecule has 0 heterocycles. The van der Waals surface area contributed by atoms with Gasteiger partial charge in [0.15, 0.2) is 0 Å². The molecule has 0 atom stereocenters. The van der Waals surface area contributed by atoms with Crippen molar-refractivity contribution in [2.45, 2.75) is 39.0 Å². The molecule has 0 N–H and O–H groups in total. The predicted octanol–water partition coefficient (Wildman–Crippen LogP) is 4.14. The van der Waals surface area contributed by atoms with Crippen LogP contribution in [0.3, 0.4) is 0 Å². The van der Waals surface area contributed by atoms with E-state index in [9.17, 15) is 4.79 Å². The van der Waals surface area contributed by atoms with Gasteiger partial charge in [0.05, 0.1) is 6.61 Å². The average Bonchev–Trinajstić information content (AvgIpc) is 2.55. The second-order valence-corrected chi connectivity index (χ2v) is 6.06. The van der Waals surface area contributed by atoms with E-state index in [1.165, 1.54) is 32.1 Å². The quantitative estimate of drug-likeness (QED) is 0.739. The Bertz CT molecular complexity index is 487. The van der Waals surface area contributed by atoms with Crippen molar-refractivity contribution in [3.8, 4) is 5.75 Å². The van der Waals surface area contributed by atoms with E-state index in [1.54, 1.807) is 6.08 Å². The number of ether oxygens (including phenoxy) is 1. The number of carbonyl (C=O) groups excluding carboxylic acids is 1. The molecule has 1 aliphatic carbocycles. The number of likely N-dealkylation sites (N-methyl/N-ethyl adjacent to an activating group) is 1. The Morgan fingerprint density at radius 3 is 2.55 bits per heavy atom. The van der Waals surface area contributed by atoms with Crippen LogP contribution in [0.25, 0.3) is 6.08 Å². The highest BCUT2D eigenvalue weighted by Gasteiger charge is 2.16. The van der Waals surface area contributed by atoms with Crippen LogP contribution >= 0.6 is 0 Å². The lowest BCUT2D eigenvalue weighted by Gasteiger charge is -2.26. The number of rotatable bonds is 6. The van der Waals surface area contributed by atoms with Gasteiger partial charge >= 0.3 is 0 Å². The second-order valence-electron chi connectivity index (χ2n) is 6.06. The minimum atomic E-state index is 0.0828. The summed E-state index contributed by atoms with van der Waals surface area (Å²) in [5.41, 5.74) is 1.02. The first-order valence-corrected chi connectivity index (χ1v) is 8.35. The second kappa shape index (κ2) is 8.62. The lowest BCUT2D eigenvalue weighted by atomic mass is 9.89. The summed E-state index contributed by atoms with van der Waals surface area (Å²) in [5.74, 6) is 1.63. The SMILES string of the molecule is CCOc1ccc(/C=C/C(=O)N(C)CC2CCCCC2)cc1. The molecule has 0 saturated heterocycles. The van der Waals surface area contributed by atoms with Crippen LogP contribution in [0.4, 0.5) is 0 Å². The summed E-state index contributed by atoms with van der Waals surface area (Å²) in [4.78, 5) is 14.0. The Labute approximate surface area is 134 Å². The summed E-state index contributed by atoms with van der Waals surface area (Å²) in [7, 11) is 1.90. The van der Waals surface area contributed by atoms with Gasteiger partial charge in [0.25, 0.3) is 0 Å². The number of benzene rings is 1. The number of hydrogen-bond acceptors (Lipinski definition) is 2. The van der Waals surface area contributed by atoms with E-state index in [4.69, 9.17) is 4.74 Å². The van der Waals surface area contributed by atoms with Crippen molar-refractivity contribution < 1.29 is 9.53 Å². The van der Waals surface area contributed by atoms with Gasteiger partial charge in [-0.05, 0) is 49.5 Å². The van der Waals surface area contributed by atoms with E-state index < -0.39 is 0 Å². The molecule has 3 heteroatoms. The van der Waals surface area contributed by atoms with Crippen LogP contribution in [0.15, 0.2) is 30.3 Å². The van der Waals surface area contributed by atoms with E-state index in [2.05, 4.69) is 0 Å². The predicted molar refractivity (Wildman–Crippen MR) is 90.9 cm³/mol. The Kier molecular flexibility index (Phi) is 6.50. The number of amides is 1. The molecule has 1 aromatic carbocycles. The Morgan fingerprint density at radius 1 is 1.23 bits per heavy atom. The topological polar surface area (TPSA) is 29.5 Å². The van der Waals surface area contributed by atoms with Gasteiger partial charge < -0.3 is 9.64 Å². The number of hydrogen-bond donors (Lipinski definition) is 0. The third-order valence-electron chi connectivity index (χ3n) is 4.24. The molecule has 1 aromatic rings. The van der Waals surface area contributed by atoms with E-state index >= 15 is 0 Å². The first-order valence-electron chi connectivity index (χ1n) is 8.35. The molecule has 0 spiro atoms. The van der Waals surface area contributed by atoms with Gasteiger partial charge in [-0.2, -0.15) is 0 Å². The fourth-order valence-electron chi connectivity index (χ4n) is 2.98. The van der Waals surface area contributed by atoms with Crippen molar-refractivity contribution in [2.24, 2.45) is 5.92 Å². The average molecular weight is 301 g/mol. The van der Waals surface area contributed by atoms with Gasteiger partial charge in [-0.1, -0.05) is 31.4 Å². The highest BCUT2D eigenvalue weighted by molar-refractivity contribution is 5.91. The lowest BCUT2D eigenvalue weighted by Crippen LogP contribution is -2.31. The molecule has 0 aliphatic heterocycles. The largest absolute Gasteiger partial charge is 0.494 e. The molecule has 2 rings (SSSR count). The molecular weight excluding hydrogens is 274 g/mol. The number of carbonyl (C=O) groups is 1. The molecular formula is C19H27NO2. The normalized spacial score (nSPS) is 15.9. The van der Waals surface area contributed by atoms with Gasteiger partial charge in [-0.25, -0.2) is 0 Å². The minimum absolute atomic E-state index is 0.0828. The van der Waals surface area contributed by atoms with Gasteiger partial charge in [0.1, 0.15) is 5.75 Å². The van der Waals surface area contributed by atoms with E-state index in [0.29, 0.717) is 12.5 Å². The molecule has 0 aromatic heterocycles. The van der Waals surface area contributed by atoms with Crippen LogP contribution < -0.4 is 4.74 Å². The maximum absolute atomic E-state index is 12.2. The first kappa shape index (κ1) is 16.6. The highest BCUT2D eigenvalue weighted by atomic mass is 16.5. The highest BCUT2D eigenvalue weighted by Crippen LogP contribution is 2.24. The van der Waals surface area contributed by atoms with E-state index in [1.807, 2.05) is 49.2 Å². The Morgan fingerprint density at radius 2 is 1.91 bits per heavy atom. The van der Waals surface area contributed by atoms with Crippen LogP contribution in [-0.4, -0.2) is 31.0 Å². The molecule has 0 unspecified atom stereocenters. The summed E-state index contributed by atoms with van der Waals surface area (Å²) in [5, 5.41) is 0. The zero-order valence-electron chi connectivity index (χ0n) is 13.8. The molecule has 3 nitrogen and oxygen atoms in total. The Hall–Kier alpha value is -1.77. The monoisotopic (exact) mass is 301 g/mol. The fourth-order valence-corrected chi connectivity index (χ4v) is 2.98.